The fourth-order valence-corrected chi connectivity index (χ4v) is 2.72. The Kier molecular flexibility index (Phi) is 4.85. The van der Waals surface area contributed by atoms with Gasteiger partial charge < -0.3 is 15.0 Å². The number of ether oxygens (including phenoxy) is 1. The van der Waals surface area contributed by atoms with Crippen molar-refractivity contribution in [3.63, 3.8) is 0 Å². The lowest BCUT2D eigenvalue weighted by Gasteiger charge is -2.24. The smallest absolute Gasteiger partial charge is 0.410 e. The van der Waals surface area contributed by atoms with Crippen molar-refractivity contribution in [3.05, 3.63) is 0 Å². The molecular weight excluding hydrogens is 319 g/mol. The molecule has 0 spiro atoms. The minimum atomic E-state index is -0.404. The Morgan fingerprint density at radius 3 is 2.62 bits per heavy atom. The molecule has 1 aliphatic heterocycles. The van der Waals surface area contributed by atoms with Gasteiger partial charge in [-0.3, -0.25) is 0 Å². The molecule has 94 valence electrons. The van der Waals surface area contributed by atoms with Gasteiger partial charge in [0, 0.05) is 29.5 Å². The van der Waals surface area contributed by atoms with Crippen molar-refractivity contribution in [1.82, 2.24) is 10.2 Å². The predicted octanol–water partition coefficient (Wildman–Crippen LogP) is 1.88. The van der Waals surface area contributed by atoms with Crippen LogP contribution in [0.3, 0.4) is 0 Å². The summed E-state index contributed by atoms with van der Waals surface area (Å²) in [6.07, 6.45) is -0.187. The third-order valence-electron chi connectivity index (χ3n) is 2.48. The van der Waals surface area contributed by atoms with Crippen LogP contribution in [0.15, 0.2) is 0 Å². The highest BCUT2D eigenvalue weighted by atomic mass is 127. The molecule has 5 heteroatoms. The Morgan fingerprint density at radius 2 is 2.12 bits per heavy atom. The third kappa shape index (κ3) is 4.08. The maximum absolute atomic E-state index is 11.8. The molecule has 0 aliphatic carbocycles. The maximum atomic E-state index is 11.8. The van der Waals surface area contributed by atoms with Gasteiger partial charge in [-0.2, -0.15) is 0 Å². The molecule has 1 N–H and O–H groups in total. The average molecular weight is 340 g/mol. The summed E-state index contributed by atoms with van der Waals surface area (Å²) in [4.78, 5) is 13.6. The second kappa shape index (κ2) is 5.53. The number of amides is 1. The van der Waals surface area contributed by atoms with Gasteiger partial charge in [-0.05, 0) is 27.8 Å². The van der Waals surface area contributed by atoms with Crippen LogP contribution in [0.4, 0.5) is 4.79 Å². The number of carbonyl (C=O) groups is 1. The van der Waals surface area contributed by atoms with E-state index in [-0.39, 0.29) is 6.09 Å². The molecule has 1 saturated heterocycles. The van der Waals surface area contributed by atoms with Crippen molar-refractivity contribution < 1.29 is 9.53 Å². The number of alkyl halides is 1. The van der Waals surface area contributed by atoms with Crippen LogP contribution in [0.5, 0.6) is 0 Å². The molecule has 1 heterocycles. The number of nitrogens with one attached hydrogen (secondary N) is 1. The Balaban J connectivity index is 2.48. The molecule has 1 fully saturated rings. The van der Waals surface area contributed by atoms with E-state index in [0.29, 0.717) is 9.84 Å². The molecule has 0 aromatic heterocycles. The second-order valence-corrected chi connectivity index (χ2v) is 6.82. The van der Waals surface area contributed by atoms with Gasteiger partial charge in [0.15, 0.2) is 0 Å². The molecule has 0 saturated carbocycles. The minimum Gasteiger partial charge on any atom is -0.444 e. The van der Waals surface area contributed by atoms with Gasteiger partial charge in [-0.25, -0.2) is 4.79 Å². The quantitative estimate of drug-likeness (QED) is 0.617. The summed E-state index contributed by atoms with van der Waals surface area (Å²) in [7, 11) is 1.94. The zero-order valence-corrected chi connectivity index (χ0v) is 12.6. The standard InChI is InChI=1S/C11H21IN2O2/c1-11(2,3)16-10(15)14-6-8(5-13-4)9(12)7-14/h8-9,13H,5-7H2,1-4H3. The van der Waals surface area contributed by atoms with Crippen LogP contribution < -0.4 is 5.32 Å². The number of nitrogens with zero attached hydrogens (tertiary/aromatic N) is 1. The fraction of sp³-hybridized carbons (Fsp3) is 0.909. The lowest BCUT2D eigenvalue weighted by atomic mass is 10.1. The first-order valence-corrected chi connectivity index (χ1v) is 6.84. The lowest BCUT2D eigenvalue weighted by molar-refractivity contribution is 0.0289. The van der Waals surface area contributed by atoms with E-state index in [4.69, 9.17) is 4.74 Å². The van der Waals surface area contributed by atoms with E-state index >= 15 is 0 Å². The molecule has 2 atom stereocenters. The highest BCUT2D eigenvalue weighted by molar-refractivity contribution is 14.1. The molecule has 1 amide bonds. The molecule has 0 bridgehead atoms. The molecule has 1 rings (SSSR count). The first-order chi connectivity index (χ1) is 7.33. The molecular formula is C11H21IN2O2. The number of hydrogen-bond acceptors (Lipinski definition) is 3. The summed E-state index contributed by atoms with van der Waals surface area (Å²) in [5.41, 5.74) is -0.404. The molecule has 0 radical (unpaired) electrons. The second-order valence-electron chi connectivity index (χ2n) is 5.22. The summed E-state index contributed by atoms with van der Waals surface area (Å²) in [5.74, 6) is 0.526. The average Bonchev–Trinajstić information content (AvgIpc) is 2.46. The highest BCUT2D eigenvalue weighted by Gasteiger charge is 2.35. The third-order valence-corrected chi connectivity index (χ3v) is 3.89. The van der Waals surface area contributed by atoms with Crippen LogP contribution in [0.1, 0.15) is 20.8 Å². The molecule has 4 nitrogen and oxygen atoms in total. The van der Waals surface area contributed by atoms with Gasteiger partial charge >= 0.3 is 6.09 Å². The van der Waals surface area contributed by atoms with Crippen LogP contribution in [0.2, 0.25) is 0 Å². The first-order valence-electron chi connectivity index (χ1n) is 5.60. The number of rotatable bonds is 2. The van der Waals surface area contributed by atoms with Crippen LogP contribution in [-0.2, 0) is 4.74 Å². The van der Waals surface area contributed by atoms with E-state index in [1.54, 1.807) is 0 Å². The minimum absolute atomic E-state index is 0.187. The van der Waals surface area contributed by atoms with Crippen LogP contribution in [0, 0.1) is 5.92 Å². The predicted molar refractivity (Wildman–Crippen MR) is 73.0 cm³/mol. The number of halogens is 1. The van der Waals surface area contributed by atoms with Crippen molar-refractivity contribution in [3.8, 4) is 0 Å². The van der Waals surface area contributed by atoms with Crippen molar-refractivity contribution >= 4 is 28.7 Å². The van der Waals surface area contributed by atoms with Gasteiger partial charge in [0.25, 0.3) is 0 Å². The summed E-state index contributed by atoms with van der Waals surface area (Å²) < 4.78 is 5.87. The zero-order chi connectivity index (χ0) is 12.3. The van der Waals surface area contributed by atoms with Crippen LogP contribution in [-0.4, -0.2) is 47.2 Å². The Morgan fingerprint density at radius 1 is 1.50 bits per heavy atom. The molecule has 0 aromatic rings. The van der Waals surface area contributed by atoms with Crippen molar-refractivity contribution in [2.45, 2.75) is 30.3 Å². The van der Waals surface area contributed by atoms with Crippen molar-refractivity contribution in [2.75, 3.05) is 26.7 Å². The van der Waals surface area contributed by atoms with Crippen LogP contribution >= 0.6 is 22.6 Å². The normalized spacial score (nSPS) is 25.9. The Labute approximate surface area is 111 Å². The maximum Gasteiger partial charge on any atom is 0.410 e. The monoisotopic (exact) mass is 340 g/mol. The van der Waals surface area contributed by atoms with E-state index in [9.17, 15) is 4.79 Å². The van der Waals surface area contributed by atoms with Crippen LogP contribution in [0.25, 0.3) is 0 Å². The van der Waals surface area contributed by atoms with Gasteiger partial charge in [-0.1, -0.05) is 22.6 Å². The molecule has 1 aliphatic rings. The Bertz CT molecular complexity index is 253. The topological polar surface area (TPSA) is 41.6 Å². The SMILES string of the molecule is CNCC1CN(C(=O)OC(C)(C)C)CC1I. The van der Waals surface area contributed by atoms with Crippen molar-refractivity contribution in [1.29, 1.82) is 0 Å². The van der Waals surface area contributed by atoms with Gasteiger partial charge in [0.2, 0.25) is 0 Å². The summed E-state index contributed by atoms with van der Waals surface area (Å²) in [6.45, 7) is 8.23. The zero-order valence-electron chi connectivity index (χ0n) is 10.4. The highest BCUT2D eigenvalue weighted by Crippen LogP contribution is 2.25. The summed E-state index contributed by atoms with van der Waals surface area (Å²) in [6, 6.07) is 0. The van der Waals surface area contributed by atoms with Gasteiger partial charge in [-0.15, -0.1) is 0 Å². The largest absolute Gasteiger partial charge is 0.444 e. The number of likely N-dealkylation sites (tertiary alicyclic amines) is 1. The summed E-state index contributed by atoms with van der Waals surface area (Å²) in [5, 5.41) is 3.16. The first kappa shape index (κ1) is 14.0. The van der Waals surface area contributed by atoms with Gasteiger partial charge in [0.05, 0.1) is 0 Å². The van der Waals surface area contributed by atoms with E-state index in [2.05, 4.69) is 27.9 Å². The number of hydrogen-bond donors (Lipinski definition) is 1. The molecule has 16 heavy (non-hydrogen) atoms. The van der Waals surface area contributed by atoms with E-state index < -0.39 is 5.60 Å². The fourth-order valence-electron chi connectivity index (χ4n) is 1.76. The van der Waals surface area contributed by atoms with Crippen molar-refractivity contribution in [2.24, 2.45) is 5.92 Å². The summed E-state index contributed by atoms with van der Waals surface area (Å²) >= 11 is 2.41. The number of carbonyl (C=O) groups excluding carboxylic acids is 1. The van der Waals surface area contributed by atoms with E-state index in [1.165, 1.54) is 0 Å². The van der Waals surface area contributed by atoms with Gasteiger partial charge in [0.1, 0.15) is 5.60 Å². The Hall–Kier alpha value is -0.0400. The van der Waals surface area contributed by atoms with E-state index in [0.717, 1.165) is 19.6 Å². The van der Waals surface area contributed by atoms with E-state index in [1.807, 2.05) is 32.7 Å². The lowest BCUT2D eigenvalue weighted by Crippen LogP contribution is -2.36. The molecule has 2 unspecified atom stereocenters. The molecule has 0 aromatic carbocycles.